The van der Waals surface area contributed by atoms with Gasteiger partial charge in [-0.25, -0.2) is 27.6 Å². The Labute approximate surface area is 202 Å². The van der Waals surface area contributed by atoms with Crippen molar-refractivity contribution < 1.29 is 31.9 Å². The Morgan fingerprint density at radius 1 is 1.14 bits per heavy atom. The molecule has 3 aromatic rings. The molecule has 0 radical (unpaired) electrons. The summed E-state index contributed by atoms with van der Waals surface area (Å²) in [4.78, 5) is 32.2. The fraction of sp³-hybridized carbons (Fsp3) is 0.364. The molecule has 0 unspecified atom stereocenters. The number of aryl methyl sites for hydroxylation is 1. The fourth-order valence-corrected chi connectivity index (χ4v) is 3.88. The van der Waals surface area contributed by atoms with Crippen LogP contribution >= 0.6 is 0 Å². The van der Waals surface area contributed by atoms with E-state index in [1.165, 1.54) is 43.9 Å². The summed E-state index contributed by atoms with van der Waals surface area (Å²) in [6.07, 6.45) is -1.18. The van der Waals surface area contributed by atoms with Gasteiger partial charge in [-0.3, -0.25) is 15.1 Å². The monoisotopic (exact) mass is 507 g/mol. The second-order valence-electron chi connectivity index (χ2n) is 8.77. The highest BCUT2D eigenvalue weighted by atomic mass is 19.3. The van der Waals surface area contributed by atoms with Gasteiger partial charge < -0.3 is 10.1 Å². The van der Waals surface area contributed by atoms with Crippen molar-refractivity contribution in [3.05, 3.63) is 47.9 Å². The summed E-state index contributed by atoms with van der Waals surface area (Å²) < 4.78 is 60.0. The molecule has 0 aliphatic heterocycles. The minimum absolute atomic E-state index is 0.0959. The number of aromatic nitrogens is 5. The van der Waals surface area contributed by atoms with Gasteiger partial charge in [-0.15, -0.1) is 5.10 Å². The minimum atomic E-state index is -2.84. The van der Waals surface area contributed by atoms with Crippen LogP contribution in [-0.2, 0) is 16.6 Å². The Kier molecular flexibility index (Phi) is 6.37. The molecule has 10 nitrogen and oxygen atoms in total. The van der Waals surface area contributed by atoms with E-state index in [1.807, 2.05) is 0 Å². The predicted molar refractivity (Wildman–Crippen MR) is 118 cm³/mol. The van der Waals surface area contributed by atoms with E-state index in [0.29, 0.717) is 6.20 Å². The smallest absolute Gasteiger partial charge is 0.413 e. The lowest BCUT2D eigenvalue weighted by Crippen LogP contribution is -2.51. The topological polar surface area (TPSA) is 124 Å². The molecule has 3 aromatic heterocycles. The second-order valence-corrected chi connectivity index (χ2v) is 8.77. The van der Waals surface area contributed by atoms with Gasteiger partial charge >= 0.3 is 6.09 Å². The van der Waals surface area contributed by atoms with Crippen molar-refractivity contribution in [3.8, 4) is 11.4 Å². The molecular formula is C22H21F4N7O3. The number of halogens is 4. The number of carbonyl (C=O) groups excluding carboxylic acids is 2. The lowest BCUT2D eigenvalue weighted by Gasteiger charge is -2.43. The molecule has 0 saturated heterocycles. The number of rotatable bonds is 6. The molecule has 14 heteroatoms. The standard InChI is InChI=1S/C22H21F4N7O3/c1-11(14-6-12(23)7-28-17(14)24)36-20(35)30-18-16(31-32-33(18)3)15-5-4-13(8-27-15)29-19(34)21(2)9-22(25,26)10-21/h4-8,11H,9-10H2,1-3H3,(H,29,34)(H,30,35)/t11-/m1/s1. The van der Waals surface area contributed by atoms with Gasteiger partial charge in [0.1, 0.15) is 11.9 Å². The maximum Gasteiger partial charge on any atom is 0.413 e. The average molecular weight is 507 g/mol. The van der Waals surface area contributed by atoms with Crippen molar-refractivity contribution in [3.63, 3.8) is 0 Å². The summed E-state index contributed by atoms with van der Waals surface area (Å²) in [5, 5.41) is 12.8. The summed E-state index contributed by atoms with van der Waals surface area (Å²) in [7, 11) is 1.50. The molecule has 1 atom stereocenters. The Balaban J connectivity index is 1.43. The Hall–Kier alpha value is -4.10. The number of nitrogens with zero attached hydrogens (tertiary/aromatic N) is 5. The fourth-order valence-electron chi connectivity index (χ4n) is 3.88. The zero-order chi connectivity index (χ0) is 26.3. The quantitative estimate of drug-likeness (QED) is 0.378. The van der Waals surface area contributed by atoms with Crippen molar-refractivity contribution >= 4 is 23.5 Å². The van der Waals surface area contributed by atoms with E-state index in [1.54, 1.807) is 0 Å². The van der Waals surface area contributed by atoms with E-state index in [4.69, 9.17) is 4.74 Å². The van der Waals surface area contributed by atoms with Gasteiger partial charge in [0.15, 0.2) is 11.5 Å². The predicted octanol–water partition coefficient (Wildman–Crippen LogP) is 4.23. The van der Waals surface area contributed by atoms with Crippen LogP contribution in [0, 0.1) is 17.2 Å². The molecule has 1 fully saturated rings. The highest BCUT2D eigenvalue weighted by molar-refractivity contribution is 5.96. The molecule has 1 aliphatic carbocycles. The van der Waals surface area contributed by atoms with E-state index in [-0.39, 0.29) is 28.5 Å². The summed E-state index contributed by atoms with van der Waals surface area (Å²) in [5.74, 6) is -5.04. The van der Waals surface area contributed by atoms with Crippen LogP contribution < -0.4 is 10.6 Å². The van der Waals surface area contributed by atoms with Crippen LogP contribution in [0.4, 0.5) is 33.9 Å². The van der Waals surface area contributed by atoms with E-state index >= 15 is 0 Å². The number of alkyl halides is 2. The molecule has 0 bridgehead atoms. The van der Waals surface area contributed by atoms with E-state index in [2.05, 4.69) is 30.9 Å². The molecule has 2 N–H and O–H groups in total. The first-order chi connectivity index (χ1) is 16.9. The Morgan fingerprint density at radius 3 is 2.50 bits per heavy atom. The van der Waals surface area contributed by atoms with E-state index in [9.17, 15) is 27.2 Å². The molecule has 0 aromatic carbocycles. The van der Waals surface area contributed by atoms with Gasteiger partial charge in [-0.1, -0.05) is 12.1 Å². The molecule has 1 aliphatic rings. The zero-order valence-electron chi connectivity index (χ0n) is 19.4. The van der Waals surface area contributed by atoms with Crippen LogP contribution in [0.15, 0.2) is 30.6 Å². The molecule has 36 heavy (non-hydrogen) atoms. The first-order valence-corrected chi connectivity index (χ1v) is 10.7. The van der Waals surface area contributed by atoms with Crippen LogP contribution in [0.1, 0.15) is 38.4 Å². The SMILES string of the molecule is C[C@@H](OC(=O)Nc1c(-c2ccc(NC(=O)C3(C)CC(F)(F)C3)cn2)nnn1C)c1cc(F)cnc1F. The number of amides is 2. The summed E-state index contributed by atoms with van der Waals surface area (Å²) in [5.41, 5.74) is -0.688. The maximum atomic E-state index is 13.9. The third kappa shape index (κ3) is 5.11. The van der Waals surface area contributed by atoms with Crippen molar-refractivity contribution in [2.75, 3.05) is 10.6 Å². The number of anilines is 2. The van der Waals surface area contributed by atoms with Gasteiger partial charge in [0.05, 0.1) is 34.8 Å². The van der Waals surface area contributed by atoms with Gasteiger partial charge in [0.2, 0.25) is 17.8 Å². The molecule has 4 rings (SSSR count). The number of ether oxygens (including phenoxy) is 1. The molecule has 1 saturated carbocycles. The van der Waals surface area contributed by atoms with Crippen LogP contribution in [-0.4, -0.2) is 42.9 Å². The molecule has 2 amide bonds. The lowest BCUT2D eigenvalue weighted by atomic mass is 9.67. The van der Waals surface area contributed by atoms with Gasteiger partial charge in [-0.2, -0.15) is 4.39 Å². The summed E-state index contributed by atoms with van der Waals surface area (Å²) in [6.45, 7) is 2.82. The van der Waals surface area contributed by atoms with Crippen molar-refractivity contribution in [2.45, 2.75) is 38.7 Å². The van der Waals surface area contributed by atoms with Crippen LogP contribution in [0.3, 0.4) is 0 Å². The third-order valence-corrected chi connectivity index (χ3v) is 5.71. The van der Waals surface area contributed by atoms with Crippen molar-refractivity contribution in [1.82, 2.24) is 25.0 Å². The van der Waals surface area contributed by atoms with Gasteiger partial charge in [0, 0.05) is 19.9 Å². The first kappa shape index (κ1) is 25.0. The van der Waals surface area contributed by atoms with Crippen molar-refractivity contribution in [1.29, 1.82) is 0 Å². The average Bonchev–Trinajstić information content (AvgIpc) is 3.14. The molecular weight excluding hydrogens is 486 g/mol. The number of hydrogen-bond acceptors (Lipinski definition) is 7. The normalized spacial score (nSPS) is 16.5. The summed E-state index contributed by atoms with van der Waals surface area (Å²) >= 11 is 0. The number of hydrogen-bond donors (Lipinski definition) is 2. The van der Waals surface area contributed by atoms with Crippen molar-refractivity contribution in [2.24, 2.45) is 12.5 Å². The van der Waals surface area contributed by atoms with Gasteiger partial charge in [0.25, 0.3) is 0 Å². The largest absolute Gasteiger partial charge is 0.441 e. The van der Waals surface area contributed by atoms with Crippen LogP contribution in [0.2, 0.25) is 0 Å². The summed E-state index contributed by atoms with van der Waals surface area (Å²) in [6, 6.07) is 3.86. The first-order valence-electron chi connectivity index (χ1n) is 10.7. The highest BCUT2D eigenvalue weighted by Crippen LogP contribution is 2.52. The highest BCUT2D eigenvalue weighted by Gasteiger charge is 2.57. The van der Waals surface area contributed by atoms with E-state index in [0.717, 1.165) is 6.07 Å². The zero-order valence-corrected chi connectivity index (χ0v) is 19.4. The van der Waals surface area contributed by atoms with Crippen LogP contribution in [0.25, 0.3) is 11.4 Å². The van der Waals surface area contributed by atoms with E-state index < -0.39 is 54.0 Å². The Morgan fingerprint density at radius 2 is 1.86 bits per heavy atom. The lowest BCUT2D eigenvalue weighted by molar-refractivity contribution is -0.170. The second kappa shape index (κ2) is 9.17. The Bertz CT molecular complexity index is 1310. The minimum Gasteiger partial charge on any atom is -0.441 e. The molecule has 3 heterocycles. The third-order valence-electron chi connectivity index (χ3n) is 5.71. The molecule has 190 valence electrons. The number of nitrogens with one attached hydrogen (secondary N) is 2. The number of carbonyl (C=O) groups is 2. The van der Waals surface area contributed by atoms with Gasteiger partial charge in [-0.05, 0) is 25.1 Å². The van der Waals surface area contributed by atoms with Crippen LogP contribution in [0.5, 0.6) is 0 Å². The number of pyridine rings is 2. The maximum absolute atomic E-state index is 13.9. The molecule has 0 spiro atoms.